The summed E-state index contributed by atoms with van der Waals surface area (Å²) in [5.74, 6) is 0.487. The minimum atomic E-state index is 0. The molecule has 4 nitrogen and oxygen atoms in total. The predicted molar refractivity (Wildman–Crippen MR) is 84.4 cm³/mol. The molecular formula is C11H20IN3OS. The maximum Gasteiger partial charge on any atom is 0.188 e. The van der Waals surface area contributed by atoms with Crippen LogP contribution in [0.2, 0.25) is 0 Å². The van der Waals surface area contributed by atoms with Crippen LogP contribution in [-0.4, -0.2) is 32.3 Å². The van der Waals surface area contributed by atoms with E-state index in [-0.39, 0.29) is 30.0 Å². The Hall–Kier alpha value is -0.340. The monoisotopic (exact) mass is 369 g/mol. The molecule has 1 aromatic rings. The number of thiophene rings is 1. The summed E-state index contributed by atoms with van der Waals surface area (Å²) in [5, 5.41) is 5.14. The van der Waals surface area contributed by atoms with Crippen molar-refractivity contribution in [2.24, 2.45) is 10.7 Å². The molecule has 17 heavy (non-hydrogen) atoms. The molecule has 0 saturated carbocycles. The lowest BCUT2D eigenvalue weighted by Crippen LogP contribution is -2.40. The zero-order valence-electron chi connectivity index (χ0n) is 10.2. The van der Waals surface area contributed by atoms with Crippen LogP contribution < -0.4 is 11.1 Å². The Balaban J connectivity index is 0.00000256. The third-order valence-electron chi connectivity index (χ3n) is 2.03. The molecule has 0 fully saturated rings. The molecule has 1 heterocycles. The van der Waals surface area contributed by atoms with Crippen LogP contribution in [0.1, 0.15) is 11.8 Å². The highest BCUT2D eigenvalue weighted by molar-refractivity contribution is 14.0. The third-order valence-corrected chi connectivity index (χ3v) is 2.97. The van der Waals surface area contributed by atoms with Crippen LogP contribution in [0.25, 0.3) is 0 Å². The summed E-state index contributed by atoms with van der Waals surface area (Å²) in [6, 6.07) is 4.35. The van der Waals surface area contributed by atoms with Gasteiger partial charge in [-0.1, -0.05) is 6.07 Å². The van der Waals surface area contributed by atoms with E-state index in [9.17, 15) is 0 Å². The SMILES string of the molecule is COCC(C)NC(N)=NCCc1cccs1.I. The van der Waals surface area contributed by atoms with Gasteiger partial charge in [-0.15, -0.1) is 35.3 Å². The van der Waals surface area contributed by atoms with E-state index >= 15 is 0 Å². The van der Waals surface area contributed by atoms with Gasteiger partial charge in [0.1, 0.15) is 0 Å². The highest BCUT2D eigenvalue weighted by atomic mass is 127. The van der Waals surface area contributed by atoms with Gasteiger partial charge in [0.2, 0.25) is 0 Å². The Kier molecular flexibility index (Phi) is 9.47. The first-order valence-corrected chi connectivity index (χ1v) is 6.18. The quantitative estimate of drug-likeness (QED) is 0.457. The number of aliphatic imine (C=N–C) groups is 1. The Morgan fingerprint density at radius 3 is 3.00 bits per heavy atom. The summed E-state index contributed by atoms with van der Waals surface area (Å²) in [5.41, 5.74) is 5.73. The lowest BCUT2D eigenvalue weighted by molar-refractivity contribution is 0.179. The van der Waals surface area contributed by atoms with Crippen LogP contribution >= 0.6 is 35.3 Å². The van der Waals surface area contributed by atoms with Gasteiger partial charge in [-0.25, -0.2) is 0 Å². The summed E-state index contributed by atoms with van der Waals surface area (Å²) < 4.78 is 5.00. The van der Waals surface area contributed by atoms with E-state index in [4.69, 9.17) is 10.5 Å². The second kappa shape index (κ2) is 9.67. The average Bonchev–Trinajstić information content (AvgIpc) is 2.70. The van der Waals surface area contributed by atoms with E-state index in [2.05, 4.69) is 21.8 Å². The first-order valence-electron chi connectivity index (χ1n) is 5.30. The molecule has 0 saturated heterocycles. The Bertz CT molecular complexity index is 317. The molecule has 3 N–H and O–H groups in total. The standard InChI is InChI=1S/C11H19N3OS.HI/c1-9(8-15-2)14-11(12)13-6-5-10-4-3-7-16-10;/h3-4,7,9H,5-6,8H2,1-2H3,(H3,12,13,14);1H. The molecule has 0 aliphatic heterocycles. The number of ether oxygens (including phenoxy) is 1. The molecule has 98 valence electrons. The largest absolute Gasteiger partial charge is 0.383 e. The Morgan fingerprint density at radius 1 is 1.65 bits per heavy atom. The zero-order chi connectivity index (χ0) is 11.8. The number of halogens is 1. The molecule has 1 rings (SSSR count). The highest BCUT2D eigenvalue weighted by Crippen LogP contribution is 2.08. The minimum Gasteiger partial charge on any atom is -0.383 e. The van der Waals surface area contributed by atoms with Crippen LogP contribution in [0, 0.1) is 0 Å². The summed E-state index contributed by atoms with van der Waals surface area (Å²) in [7, 11) is 1.67. The van der Waals surface area contributed by atoms with Gasteiger partial charge >= 0.3 is 0 Å². The molecule has 1 atom stereocenters. The molecular weight excluding hydrogens is 349 g/mol. The second-order valence-corrected chi connectivity index (χ2v) is 4.63. The van der Waals surface area contributed by atoms with Gasteiger partial charge in [0.05, 0.1) is 6.61 Å². The van der Waals surface area contributed by atoms with E-state index in [0.717, 1.165) is 13.0 Å². The van der Waals surface area contributed by atoms with Crippen molar-refractivity contribution in [3.8, 4) is 0 Å². The number of nitrogens with one attached hydrogen (secondary N) is 1. The minimum absolute atomic E-state index is 0. The van der Waals surface area contributed by atoms with Gasteiger partial charge in [-0.05, 0) is 18.4 Å². The van der Waals surface area contributed by atoms with Crippen molar-refractivity contribution in [1.29, 1.82) is 0 Å². The topological polar surface area (TPSA) is 59.6 Å². The summed E-state index contributed by atoms with van der Waals surface area (Å²) >= 11 is 1.75. The summed E-state index contributed by atoms with van der Waals surface area (Å²) in [6.45, 7) is 3.35. The normalized spacial score (nSPS) is 12.9. The highest BCUT2D eigenvalue weighted by Gasteiger charge is 2.01. The van der Waals surface area contributed by atoms with Gasteiger partial charge in [-0.2, -0.15) is 0 Å². The summed E-state index contributed by atoms with van der Waals surface area (Å²) in [4.78, 5) is 5.59. The molecule has 0 bridgehead atoms. The van der Waals surface area contributed by atoms with Crippen molar-refractivity contribution in [3.63, 3.8) is 0 Å². The van der Waals surface area contributed by atoms with E-state index in [1.54, 1.807) is 18.4 Å². The van der Waals surface area contributed by atoms with E-state index in [0.29, 0.717) is 12.6 Å². The lowest BCUT2D eigenvalue weighted by Gasteiger charge is -2.12. The molecule has 0 radical (unpaired) electrons. The summed E-state index contributed by atoms with van der Waals surface area (Å²) in [6.07, 6.45) is 0.943. The van der Waals surface area contributed by atoms with Crippen molar-refractivity contribution < 1.29 is 4.74 Å². The van der Waals surface area contributed by atoms with Crippen molar-refractivity contribution in [3.05, 3.63) is 22.4 Å². The molecule has 0 spiro atoms. The zero-order valence-corrected chi connectivity index (χ0v) is 13.3. The van der Waals surface area contributed by atoms with Crippen LogP contribution in [0.15, 0.2) is 22.5 Å². The number of rotatable bonds is 6. The van der Waals surface area contributed by atoms with Crippen LogP contribution in [-0.2, 0) is 11.2 Å². The molecule has 0 aliphatic rings. The van der Waals surface area contributed by atoms with Gasteiger partial charge < -0.3 is 15.8 Å². The lowest BCUT2D eigenvalue weighted by atomic mass is 10.3. The number of hydrogen-bond acceptors (Lipinski definition) is 3. The number of nitrogens with two attached hydrogens (primary N) is 1. The Morgan fingerprint density at radius 2 is 2.41 bits per heavy atom. The molecule has 6 heteroatoms. The number of guanidine groups is 1. The van der Waals surface area contributed by atoms with Crippen molar-refractivity contribution in [1.82, 2.24) is 5.32 Å². The maximum atomic E-state index is 5.73. The fraction of sp³-hybridized carbons (Fsp3) is 0.545. The molecule has 0 aliphatic carbocycles. The fourth-order valence-corrected chi connectivity index (χ4v) is 2.03. The van der Waals surface area contributed by atoms with Crippen molar-refractivity contribution >= 4 is 41.3 Å². The average molecular weight is 369 g/mol. The number of nitrogens with zero attached hydrogens (tertiary/aromatic N) is 1. The first kappa shape index (κ1) is 16.7. The molecule has 0 aromatic carbocycles. The van der Waals surface area contributed by atoms with Crippen LogP contribution in [0.5, 0.6) is 0 Å². The Labute approximate surface area is 124 Å². The fourth-order valence-electron chi connectivity index (χ4n) is 1.33. The maximum absolute atomic E-state index is 5.73. The molecule has 1 aromatic heterocycles. The molecule has 0 amide bonds. The van der Waals surface area contributed by atoms with E-state index < -0.39 is 0 Å². The van der Waals surface area contributed by atoms with Crippen molar-refractivity contribution in [2.45, 2.75) is 19.4 Å². The number of methoxy groups -OCH3 is 1. The predicted octanol–water partition coefficient (Wildman–Crippen LogP) is 1.85. The van der Waals surface area contributed by atoms with E-state index in [1.165, 1.54) is 4.88 Å². The van der Waals surface area contributed by atoms with Crippen LogP contribution in [0.4, 0.5) is 0 Å². The van der Waals surface area contributed by atoms with Gasteiger partial charge in [-0.3, -0.25) is 4.99 Å². The van der Waals surface area contributed by atoms with E-state index in [1.807, 2.05) is 13.0 Å². The smallest absolute Gasteiger partial charge is 0.188 e. The van der Waals surface area contributed by atoms with Crippen LogP contribution in [0.3, 0.4) is 0 Å². The second-order valence-electron chi connectivity index (χ2n) is 3.60. The molecule has 1 unspecified atom stereocenters. The number of hydrogen-bond donors (Lipinski definition) is 2. The van der Waals surface area contributed by atoms with Crippen molar-refractivity contribution in [2.75, 3.05) is 20.3 Å². The third kappa shape index (κ3) is 7.56. The first-order chi connectivity index (χ1) is 7.72. The van der Waals surface area contributed by atoms with Gasteiger partial charge in [0.15, 0.2) is 5.96 Å². The van der Waals surface area contributed by atoms with Gasteiger partial charge in [0, 0.05) is 31.0 Å². The van der Waals surface area contributed by atoms with Gasteiger partial charge in [0.25, 0.3) is 0 Å².